The molecule has 0 spiro atoms. The van der Waals surface area contributed by atoms with Gasteiger partial charge in [-0.2, -0.15) is 0 Å². The number of thiazole rings is 1. The molecule has 0 fully saturated rings. The number of benzene rings is 1. The van der Waals surface area contributed by atoms with Crippen molar-refractivity contribution in [2.45, 2.75) is 37.3 Å². The van der Waals surface area contributed by atoms with E-state index in [1.54, 1.807) is 23.1 Å². The second kappa shape index (κ2) is 8.20. The van der Waals surface area contributed by atoms with Gasteiger partial charge in [0.15, 0.2) is 0 Å². The van der Waals surface area contributed by atoms with Gasteiger partial charge in [-0.3, -0.25) is 4.79 Å². The number of rotatable bonds is 7. The topological polar surface area (TPSA) is 39.2 Å². The van der Waals surface area contributed by atoms with E-state index in [2.05, 4.69) is 36.2 Å². The van der Waals surface area contributed by atoms with Crippen LogP contribution in [0.25, 0.3) is 0 Å². The summed E-state index contributed by atoms with van der Waals surface area (Å²) in [5.74, 6) is 0.718. The van der Waals surface area contributed by atoms with E-state index in [0.29, 0.717) is 19.4 Å². The molecule has 0 unspecified atom stereocenters. The first-order chi connectivity index (χ1) is 10.2. The van der Waals surface area contributed by atoms with Crippen LogP contribution in [-0.2, 0) is 21.7 Å². The predicted molar refractivity (Wildman–Crippen MR) is 87.8 cm³/mol. The van der Waals surface area contributed by atoms with E-state index >= 15 is 0 Å². The van der Waals surface area contributed by atoms with Crippen molar-refractivity contribution in [1.82, 2.24) is 4.98 Å². The number of aromatic nitrogens is 1. The van der Waals surface area contributed by atoms with Crippen LogP contribution >= 0.6 is 23.1 Å². The van der Waals surface area contributed by atoms with Crippen molar-refractivity contribution in [1.29, 1.82) is 0 Å². The van der Waals surface area contributed by atoms with Crippen molar-refractivity contribution in [2.24, 2.45) is 0 Å². The summed E-state index contributed by atoms with van der Waals surface area (Å²) in [7, 11) is 0. The summed E-state index contributed by atoms with van der Waals surface area (Å²) in [5, 5.41) is 3.13. The van der Waals surface area contributed by atoms with Crippen molar-refractivity contribution in [3.05, 3.63) is 45.9 Å². The molecular weight excluding hydrogens is 302 g/mol. The molecule has 0 N–H and O–H groups in total. The second-order valence-electron chi connectivity index (χ2n) is 4.59. The maximum absolute atomic E-state index is 11.3. The molecule has 0 aliphatic heterocycles. The van der Waals surface area contributed by atoms with Crippen molar-refractivity contribution in [3.63, 3.8) is 0 Å². The molecule has 112 valence electrons. The largest absolute Gasteiger partial charge is 0.466 e. The lowest BCUT2D eigenvalue weighted by Crippen LogP contribution is -2.05. The molecule has 3 nitrogen and oxygen atoms in total. The Balaban J connectivity index is 1.83. The van der Waals surface area contributed by atoms with Gasteiger partial charge in [0.1, 0.15) is 5.01 Å². The maximum Gasteiger partial charge on any atom is 0.306 e. The second-order valence-corrected chi connectivity index (χ2v) is 6.55. The highest BCUT2D eigenvalue weighted by molar-refractivity contribution is 7.98. The monoisotopic (exact) mass is 321 g/mol. The van der Waals surface area contributed by atoms with E-state index in [4.69, 9.17) is 4.74 Å². The molecule has 0 amide bonds. The highest BCUT2D eigenvalue weighted by atomic mass is 32.2. The van der Waals surface area contributed by atoms with Crippen LogP contribution in [0.2, 0.25) is 0 Å². The minimum atomic E-state index is -0.152. The normalized spacial score (nSPS) is 10.6. The van der Waals surface area contributed by atoms with Gasteiger partial charge in [0.2, 0.25) is 0 Å². The molecular formula is C16H19NO2S2. The minimum absolute atomic E-state index is 0.152. The molecule has 0 saturated heterocycles. The third-order valence-corrected chi connectivity index (χ3v) is 5.20. The zero-order chi connectivity index (χ0) is 15.1. The molecule has 0 radical (unpaired) electrons. The van der Waals surface area contributed by atoms with Crippen LogP contribution in [0.5, 0.6) is 0 Å². The highest BCUT2D eigenvalue weighted by Gasteiger charge is 2.07. The molecule has 1 aromatic carbocycles. The van der Waals surface area contributed by atoms with Crippen LogP contribution < -0.4 is 0 Å². The van der Waals surface area contributed by atoms with E-state index < -0.39 is 0 Å². The van der Waals surface area contributed by atoms with Gasteiger partial charge in [0, 0.05) is 16.7 Å². The lowest BCUT2D eigenvalue weighted by molar-refractivity contribution is -0.143. The summed E-state index contributed by atoms with van der Waals surface area (Å²) in [6, 6.07) is 8.36. The number of nitrogens with zero attached hydrogens (tertiary/aromatic N) is 1. The van der Waals surface area contributed by atoms with Crippen LogP contribution in [0.15, 0.2) is 34.5 Å². The number of aryl methyl sites for hydroxylation is 2. The van der Waals surface area contributed by atoms with Gasteiger partial charge in [-0.15, -0.1) is 23.1 Å². The van der Waals surface area contributed by atoms with E-state index in [1.807, 2.05) is 12.3 Å². The summed E-state index contributed by atoms with van der Waals surface area (Å²) in [4.78, 5) is 17.2. The first-order valence-corrected chi connectivity index (χ1v) is 8.83. The van der Waals surface area contributed by atoms with Gasteiger partial charge in [0.05, 0.1) is 24.5 Å². The van der Waals surface area contributed by atoms with E-state index in [0.717, 1.165) is 16.5 Å². The smallest absolute Gasteiger partial charge is 0.306 e. The number of carbonyl (C=O) groups excluding carboxylic acids is 1. The average Bonchev–Trinajstić information content (AvgIpc) is 2.93. The maximum atomic E-state index is 11.3. The number of carbonyl (C=O) groups is 1. The third kappa shape index (κ3) is 5.17. The summed E-state index contributed by atoms with van der Waals surface area (Å²) in [6.07, 6.45) is 1.06. The highest BCUT2D eigenvalue weighted by Crippen LogP contribution is 2.27. The number of thioether (sulfide) groups is 1. The SMILES string of the molecule is CCOC(=O)CCc1csc(CSc2ccccc2C)n1. The summed E-state index contributed by atoms with van der Waals surface area (Å²) in [5.41, 5.74) is 2.27. The van der Waals surface area contributed by atoms with Gasteiger partial charge in [0.25, 0.3) is 0 Å². The van der Waals surface area contributed by atoms with E-state index in [1.165, 1.54) is 10.5 Å². The number of esters is 1. The van der Waals surface area contributed by atoms with Crippen LogP contribution in [0.4, 0.5) is 0 Å². The van der Waals surface area contributed by atoms with Gasteiger partial charge in [-0.25, -0.2) is 4.98 Å². The Morgan fingerprint density at radius 2 is 2.19 bits per heavy atom. The molecule has 2 aromatic rings. The molecule has 0 aliphatic rings. The summed E-state index contributed by atoms with van der Waals surface area (Å²) in [6.45, 7) is 4.38. The lowest BCUT2D eigenvalue weighted by atomic mass is 10.2. The van der Waals surface area contributed by atoms with Crippen LogP contribution in [0.3, 0.4) is 0 Å². The number of hydrogen-bond acceptors (Lipinski definition) is 5. The fraction of sp³-hybridized carbons (Fsp3) is 0.375. The molecule has 1 heterocycles. The van der Waals surface area contributed by atoms with Crippen molar-refractivity contribution in [2.75, 3.05) is 6.61 Å². The quantitative estimate of drug-likeness (QED) is 0.565. The molecule has 2 rings (SSSR count). The van der Waals surface area contributed by atoms with E-state index in [-0.39, 0.29) is 5.97 Å². The van der Waals surface area contributed by atoms with Gasteiger partial charge < -0.3 is 4.74 Å². The zero-order valence-corrected chi connectivity index (χ0v) is 13.9. The van der Waals surface area contributed by atoms with Gasteiger partial charge >= 0.3 is 5.97 Å². The molecule has 0 saturated carbocycles. The number of hydrogen-bond donors (Lipinski definition) is 0. The Labute approximate surface area is 133 Å². The van der Waals surface area contributed by atoms with E-state index in [9.17, 15) is 4.79 Å². The minimum Gasteiger partial charge on any atom is -0.466 e. The van der Waals surface area contributed by atoms with Gasteiger partial charge in [-0.1, -0.05) is 18.2 Å². The standard InChI is InChI=1S/C16H19NO2S2/c1-3-19-16(18)9-8-13-10-21-15(17-13)11-20-14-7-5-4-6-12(14)2/h4-7,10H,3,8-9,11H2,1-2H3. The van der Waals surface area contributed by atoms with Gasteiger partial charge in [-0.05, 0) is 25.5 Å². The summed E-state index contributed by atoms with van der Waals surface area (Å²) < 4.78 is 4.92. The molecule has 0 bridgehead atoms. The Morgan fingerprint density at radius 1 is 1.38 bits per heavy atom. The van der Waals surface area contributed by atoms with Crippen molar-refractivity contribution < 1.29 is 9.53 Å². The van der Waals surface area contributed by atoms with Crippen LogP contribution in [0.1, 0.15) is 29.6 Å². The molecule has 0 aliphatic carbocycles. The predicted octanol–water partition coefficient (Wildman–Crippen LogP) is 4.24. The Hall–Kier alpha value is -1.33. The Morgan fingerprint density at radius 3 is 2.95 bits per heavy atom. The Kier molecular flexibility index (Phi) is 6.26. The fourth-order valence-corrected chi connectivity index (χ4v) is 3.73. The van der Waals surface area contributed by atoms with Crippen molar-refractivity contribution in [3.8, 4) is 0 Å². The molecule has 0 atom stereocenters. The fourth-order valence-electron chi connectivity index (χ4n) is 1.85. The van der Waals surface area contributed by atoms with Crippen LogP contribution in [-0.4, -0.2) is 17.6 Å². The average molecular weight is 321 g/mol. The van der Waals surface area contributed by atoms with Crippen LogP contribution in [0, 0.1) is 6.92 Å². The molecule has 1 aromatic heterocycles. The molecule has 21 heavy (non-hydrogen) atoms. The summed E-state index contributed by atoms with van der Waals surface area (Å²) >= 11 is 3.46. The zero-order valence-electron chi connectivity index (χ0n) is 12.3. The van der Waals surface area contributed by atoms with Crippen molar-refractivity contribution >= 4 is 29.1 Å². The number of ether oxygens (including phenoxy) is 1. The molecule has 5 heteroatoms. The first-order valence-electron chi connectivity index (χ1n) is 6.96. The lowest BCUT2D eigenvalue weighted by Gasteiger charge is -2.03. The Bertz CT molecular complexity index is 595. The first kappa shape index (κ1) is 16.0. The third-order valence-electron chi connectivity index (χ3n) is 2.93.